The Balaban J connectivity index is 2.26. The summed E-state index contributed by atoms with van der Waals surface area (Å²) >= 11 is 1.70. The molecule has 0 bridgehead atoms. The molecule has 0 amide bonds. The van der Waals surface area contributed by atoms with E-state index in [1.165, 1.54) is 4.88 Å². The highest BCUT2D eigenvalue weighted by Gasteiger charge is 2.20. The highest BCUT2D eigenvalue weighted by Crippen LogP contribution is 2.30. The lowest BCUT2D eigenvalue weighted by atomic mass is 10.1. The highest BCUT2D eigenvalue weighted by molar-refractivity contribution is 7.10. The molecule has 2 heterocycles. The number of aromatic nitrogens is 2. The van der Waals surface area contributed by atoms with Gasteiger partial charge in [0.25, 0.3) is 0 Å². The lowest BCUT2D eigenvalue weighted by Crippen LogP contribution is -2.09. The van der Waals surface area contributed by atoms with Crippen molar-refractivity contribution in [2.45, 2.75) is 26.3 Å². The summed E-state index contributed by atoms with van der Waals surface area (Å²) in [5.74, 6) is -0.0173. The molecular formula is C16H16N2O2S. The van der Waals surface area contributed by atoms with Gasteiger partial charge in [0.1, 0.15) is 11.3 Å². The summed E-state index contributed by atoms with van der Waals surface area (Å²) in [6.07, 6.45) is 0.767. The Morgan fingerprint density at radius 3 is 2.81 bits per heavy atom. The Kier molecular flexibility index (Phi) is 3.51. The van der Waals surface area contributed by atoms with Crippen LogP contribution in [-0.2, 0) is 6.42 Å². The Hall–Kier alpha value is -2.14. The van der Waals surface area contributed by atoms with Gasteiger partial charge in [-0.1, -0.05) is 19.1 Å². The molecule has 2 aromatic heterocycles. The summed E-state index contributed by atoms with van der Waals surface area (Å²) in [5.41, 5.74) is 1.72. The van der Waals surface area contributed by atoms with Crippen molar-refractivity contribution in [3.8, 4) is 0 Å². The summed E-state index contributed by atoms with van der Waals surface area (Å²) in [6, 6.07) is 9.61. The number of imidazole rings is 1. The minimum absolute atomic E-state index is 0.147. The van der Waals surface area contributed by atoms with Crippen LogP contribution in [-0.4, -0.2) is 20.6 Å². The van der Waals surface area contributed by atoms with Gasteiger partial charge in [-0.05, 0) is 30.5 Å². The van der Waals surface area contributed by atoms with Gasteiger partial charge in [-0.2, -0.15) is 0 Å². The molecule has 3 aromatic rings. The van der Waals surface area contributed by atoms with Crippen molar-refractivity contribution in [2.24, 2.45) is 0 Å². The number of hydrogen-bond acceptors (Lipinski definition) is 3. The third-order valence-corrected chi connectivity index (χ3v) is 4.72. The molecule has 0 saturated heterocycles. The van der Waals surface area contributed by atoms with Crippen molar-refractivity contribution < 1.29 is 9.90 Å². The quantitative estimate of drug-likeness (QED) is 0.793. The first-order chi connectivity index (χ1) is 10.1. The number of carboxylic acid groups (broad SMARTS) is 1. The molecular weight excluding hydrogens is 284 g/mol. The number of nitrogens with zero attached hydrogens (tertiary/aromatic N) is 2. The van der Waals surface area contributed by atoms with Crippen LogP contribution in [0.3, 0.4) is 0 Å². The molecule has 0 aliphatic rings. The standard InChI is InChI=1S/C16H16N2O2S/c1-3-14-17-15-11(16(19)20)6-4-7-12(15)18(14)10(2)13-8-5-9-21-13/h4-10H,3H2,1-2H3,(H,19,20). The maximum Gasteiger partial charge on any atom is 0.337 e. The fourth-order valence-corrected chi connectivity index (χ4v) is 3.45. The van der Waals surface area contributed by atoms with Crippen LogP contribution in [0.1, 0.15) is 40.9 Å². The van der Waals surface area contributed by atoms with Gasteiger partial charge < -0.3 is 9.67 Å². The van der Waals surface area contributed by atoms with Crippen molar-refractivity contribution in [1.82, 2.24) is 9.55 Å². The van der Waals surface area contributed by atoms with Crippen molar-refractivity contribution in [3.63, 3.8) is 0 Å². The van der Waals surface area contributed by atoms with Gasteiger partial charge in [0, 0.05) is 11.3 Å². The van der Waals surface area contributed by atoms with Gasteiger partial charge in [-0.15, -0.1) is 11.3 Å². The first-order valence-electron chi connectivity index (χ1n) is 6.90. The molecule has 1 unspecified atom stereocenters. The van der Waals surface area contributed by atoms with Crippen molar-refractivity contribution in [1.29, 1.82) is 0 Å². The molecule has 3 rings (SSSR count). The Morgan fingerprint density at radius 2 is 2.19 bits per heavy atom. The van der Waals surface area contributed by atoms with Crippen LogP contribution in [0.4, 0.5) is 0 Å². The fraction of sp³-hybridized carbons (Fsp3) is 0.250. The van der Waals surface area contributed by atoms with E-state index in [1.807, 2.05) is 19.1 Å². The fourth-order valence-electron chi connectivity index (χ4n) is 2.68. The number of carbonyl (C=O) groups is 1. The van der Waals surface area contributed by atoms with Gasteiger partial charge in [0.05, 0.1) is 17.1 Å². The van der Waals surface area contributed by atoms with E-state index in [-0.39, 0.29) is 11.6 Å². The average Bonchev–Trinajstić information content (AvgIpc) is 3.12. The smallest absolute Gasteiger partial charge is 0.337 e. The van der Waals surface area contributed by atoms with Crippen LogP contribution in [0.5, 0.6) is 0 Å². The second-order valence-corrected chi connectivity index (χ2v) is 5.90. The predicted molar refractivity (Wildman–Crippen MR) is 84.2 cm³/mol. The number of hydrogen-bond donors (Lipinski definition) is 1. The largest absolute Gasteiger partial charge is 0.478 e. The van der Waals surface area contributed by atoms with Gasteiger partial charge in [0.2, 0.25) is 0 Å². The molecule has 0 saturated carbocycles. The Labute approximate surface area is 126 Å². The minimum Gasteiger partial charge on any atom is -0.478 e. The van der Waals surface area contributed by atoms with E-state index in [0.29, 0.717) is 5.52 Å². The minimum atomic E-state index is -0.934. The molecule has 4 nitrogen and oxygen atoms in total. The molecule has 108 valence electrons. The Bertz CT molecular complexity index is 790. The number of para-hydroxylation sites is 1. The maximum absolute atomic E-state index is 11.4. The molecule has 1 N–H and O–H groups in total. The predicted octanol–water partition coefficient (Wildman–Crippen LogP) is 3.97. The topological polar surface area (TPSA) is 55.1 Å². The highest BCUT2D eigenvalue weighted by atomic mass is 32.1. The molecule has 21 heavy (non-hydrogen) atoms. The van der Waals surface area contributed by atoms with Gasteiger partial charge in [0.15, 0.2) is 0 Å². The number of rotatable bonds is 4. The van der Waals surface area contributed by atoms with Crippen molar-refractivity contribution >= 4 is 28.3 Å². The van der Waals surface area contributed by atoms with E-state index in [9.17, 15) is 9.90 Å². The average molecular weight is 300 g/mol. The van der Waals surface area contributed by atoms with Crippen LogP contribution in [0, 0.1) is 0 Å². The van der Waals surface area contributed by atoms with E-state index in [1.54, 1.807) is 23.5 Å². The van der Waals surface area contributed by atoms with E-state index in [0.717, 1.165) is 17.8 Å². The molecule has 0 aliphatic heterocycles. The van der Waals surface area contributed by atoms with E-state index in [4.69, 9.17) is 0 Å². The number of aryl methyl sites for hydroxylation is 1. The monoisotopic (exact) mass is 300 g/mol. The second kappa shape index (κ2) is 5.33. The summed E-state index contributed by atoms with van der Waals surface area (Å²) in [7, 11) is 0. The number of fused-ring (bicyclic) bond motifs is 1. The van der Waals surface area contributed by atoms with E-state index in [2.05, 4.69) is 27.9 Å². The van der Waals surface area contributed by atoms with Crippen molar-refractivity contribution in [3.05, 3.63) is 52.0 Å². The van der Waals surface area contributed by atoms with E-state index < -0.39 is 5.97 Å². The van der Waals surface area contributed by atoms with Gasteiger partial charge in [-0.25, -0.2) is 9.78 Å². The molecule has 1 atom stereocenters. The summed E-state index contributed by atoms with van der Waals surface area (Å²) in [6.45, 7) is 4.17. The van der Waals surface area contributed by atoms with Gasteiger partial charge in [-0.3, -0.25) is 0 Å². The third kappa shape index (κ3) is 2.23. The van der Waals surface area contributed by atoms with Crippen LogP contribution >= 0.6 is 11.3 Å². The molecule has 5 heteroatoms. The molecule has 0 fully saturated rings. The lowest BCUT2D eigenvalue weighted by molar-refractivity contribution is 0.0699. The molecule has 0 radical (unpaired) electrons. The van der Waals surface area contributed by atoms with Gasteiger partial charge >= 0.3 is 5.97 Å². The first-order valence-corrected chi connectivity index (χ1v) is 7.78. The molecule has 0 aliphatic carbocycles. The second-order valence-electron chi connectivity index (χ2n) is 4.92. The normalized spacial score (nSPS) is 12.7. The summed E-state index contributed by atoms with van der Waals surface area (Å²) in [5, 5.41) is 11.4. The van der Waals surface area contributed by atoms with E-state index >= 15 is 0 Å². The van der Waals surface area contributed by atoms with Crippen LogP contribution in [0.15, 0.2) is 35.7 Å². The lowest BCUT2D eigenvalue weighted by Gasteiger charge is -2.16. The SMILES string of the molecule is CCc1nc2c(C(=O)O)cccc2n1C(C)c1cccs1. The number of carboxylic acids is 1. The Morgan fingerprint density at radius 1 is 1.38 bits per heavy atom. The zero-order valence-electron chi connectivity index (χ0n) is 11.9. The zero-order chi connectivity index (χ0) is 15.0. The number of benzene rings is 1. The zero-order valence-corrected chi connectivity index (χ0v) is 12.7. The third-order valence-electron chi connectivity index (χ3n) is 3.68. The number of aromatic carboxylic acids is 1. The summed E-state index contributed by atoms with van der Waals surface area (Å²) < 4.78 is 2.15. The molecule has 0 spiro atoms. The van der Waals surface area contributed by atoms with Crippen LogP contribution in [0.2, 0.25) is 0 Å². The molecule has 1 aromatic carbocycles. The number of thiophene rings is 1. The first kappa shape index (κ1) is 13.8. The van der Waals surface area contributed by atoms with Crippen LogP contribution < -0.4 is 0 Å². The van der Waals surface area contributed by atoms with Crippen LogP contribution in [0.25, 0.3) is 11.0 Å². The maximum atomic E-state index is 11.4. The summed E-state index contributed by atoms with van der Waals surface area (Å²) in [4.78, 5) is 17.2. The van der Waals surface area contributed by atoms with Crippen molar-refractivity contribution in [2.75, 3.05) is 0 Å².